The fourth-order valence-electron chi connectivity index (χ4n) is 4.44. The highest BCUT2D eigenvalue weighted by Crippen LogP contribution is 2.36. The Morgan fingerprint density at radius 2 is 2.00 bits per heavy atom. The summed E-state index contributed by atoms with van der Waals surface area (Å²) in [5.41, 5.74) is 2.67. The molecule has 0 N–H and O–H groups in total. The number of carboxylic acids is 1. The van der Waals surface area contributed by atoms with E-state index in [-0.39, 0.29) is 34.8 Å². The van der Waals surface area contributed by atoms with Crippen LogP contribution in [0.2, 0.25) is 0 Å². The van der Waals surface area contributed by atoms with Crippen molar-refractivity contribution in [3.05, 3.63) is 58.0 Å². The first kappa shape index (κ1) is 20.2. The fourth-order valence-corrected chi connectivity index (χ4v) is 5.06. The number of amides is 1. The van der Waals surface area contributed by atoms with Crippen molar-refractivity contribution in [1.29, 1.82) is 5.26 Å². The molecule has 1 aromatic carbocycles. The third kappa shape index (κ3) is 3.98. The molecule has 2 aromatic rings. The van der Waals surface area contributed by atoms with E-state index in [0.29, 0.717) is 30.8 Å². The average Bonchev–Trinajstić information content (AvgIpc) is 2.74. The number of likely N-dealkylation sites (tertiary alicyclic amines) is 1. The number of pyridine rings is 1. The Bertz CT molecular complexity index is 1100. The lowest BCUT2D eigenvalue weighted by atomic mass is 9.82. The van der Waals surface area contributed by atoms with Crippen LogP contribution >= 0.6 is 11.8 Å². The van der Waals surface area contributed by atoms with Crippen molar-refractivity contribution in [3.8, 4) is 17.2 Å². The van der Waals surface area contributed by atoms with E-state index < -0.39 is 5.97 Å². The molecule has 0 saturated carbocycles. The van der Waals surface area contributed by atoms with Crippen LogP contribution < -0.4 is 10.7 Å². The number of aromatic nitrogens is 1. The summed E-state index contributed by atoms with van der Waals surface area (Å²) in [6.07, 6.45) is 0.929. The molecular weight excluding hydrogens is 402 g/mol. The molecule has 30 heavy (non-hydrogen) atoms. The molecule has 1 fully saturated rings. The maximum atomic E-state index is 13.2. The third-order valence-corrected chi connectivity index (χ3v) is 6.60. The van der Waals surface area contributed by atoms with Crippen LogP contribution in [-0.2, 0) is 16.1 Å². The molecular formula is C22H20N3O4S-. The van der Waals surface area contributed by atoms with Crippen LogP contribution in [0.5, 0.6) is 0 Å². The van der Waals surface area contributed by atoms with Gasteiger partial charge in [-0.3, -0.25) is 9.59 Å². The smallest absolute Gasteiger partial charge is 0.258 e. The Morgan fingerprint density at radius 1 is 1.17 bits per heavy atom. The SMILES string of the molecule is N#Cc1cccc(-c2ccc3n(c2=O)C[C@H]2C[C@@H]3CN(C(=O)CSCC(=O)[O-])C2)c1. The summed E-state index contributed by atoms with van der Waals surface area (Å²) in [6.45, 7) is 1.65. The predicted octanol–water partition coefficient (Wildman–Crippen LogP) is 0.816. The lowest BCUT2D eigenvalue weighted by Crippen LogP contribution is -2.49. The largest absolute Gasteiger partial charge is 0.549 e. The second-order valence-corrected chi connectivity index (χ2v) is 8.73. The van der Waals surface area contributed by atoms with Crippen molar-refractivity contribution in [1.82, 2.24) is 9.47 Å². The first-order chi connectivity index (χ1) is 14.5. The first-order valence-corrected chi connectivity index (χ1v) is 10.9. The van der Waals surface area contributed by atoms with Crippen LogP contribution in [0.3, 0.4) is 0 Å². The molecule has 0 aliphatic carbocycles. The molecule has 8 heteroatoms. The number of carbonyl (C=O) groups excluding carboxylic acids is 2. The molecule has 7 nitrogen and oxygen atoms in total. The molecule has 0 unspecified atom stereocenters. The normalized spacial score (nSPS) is 19.6. The van der Waals surface area contributed by atoms with Crippen molar-refractivity contribution in [3.63, 3.8) is 0 Å². The topological polar surface area (TPSA) is 106 Å². The number of benzene rings is 1. The van der Waals surface area contributed by atoms with E-state index in [0.717, 1.165) is 29.4 Å². The van der Waals surface area contributed by atoms with Crippen LogP contribution in [-0.4, -0.2) is 45.9 Å². The summed E-state index contributed by atoms with van der Waals surface area (Å²) in [6, 6.07) is 12.9. The second-order valence-electron chi connectivity index (χ2n) is 7.74. The van der Waals surface area contributed by atoms with Crippen LogP contribution in [0.15, 0.2) is 41.2 Å². The van der Waals surface area contributed by atoms with Gasteiger partial charge >= 0.3 is 0 Å². The number of carbonyl (C=O) groups is 2. The number of piperidine rings is 1. The van der Waals surface area contributed by atoms with Crippen LogP contribution in [0, 0.1) is 17.2 Å². The molecule has 3 heterocycles. The van der Waals surface area contributed by atoms with Gasteiger partial charge in [-0.2, -0.15) is 5.26 Å². The van der Waals surface area contributed by atoms with Gasteiger partial charge in [0.1, 0.15) is 0 Å². The van der Waals surface area contributed by atoms with Crippen LogP contribution in [0.1, 0.15) is 23.6 Å². The van der Waals surface area contributed by atoms with Gasteiger partial charge < -0.3 is 19.4 Å². The Kier molecular flexibility index (Phi) is 5.64. The molecule has 1 aromatic heterocycles. The number of hydrogen-bond acceptors (Lipinski definition) is 6. The zero-order valence-electron chi connectivity index (χ0n) is 16.2. The summed E-state index contributed by atoms with van der Waals surface area (Å²) < 4.78 is 1.82. The number of nitriles is 1. The summed E-state index contributed by atoms with van der Waals surface area (Å²) in [7, 11) is 0. The molecule has 1 amide bonds. The predicted molar refractivity (Wildman–Crippen MR) is 111 cm³/mol. The molecule has 0 radical (unpaired) electrons. The molecule has 0 spiro atoms. The number of rotatable bonds is 5. The Hall–Kier alpha value is -3.05. The van der Waals surface area contributed by atoms with Crippen molar-refractivity contribution in [2.24, 2.45) is 5.92 Å². The maximum Gasteiger partial charge on any atom is 0.258 e. The van der Waals surface area contributed by atoms with E-state index in [9.17, 15) is 19.5 Å². The quantitative estimate of drug-likeness (QED) is 0.706. The van der Waals surface area contributed by atoms with Crippen LogP contribution in [0.4, 0.5) is 0 Å². The van der Waals surface area contributed by atoms with E-state index in [4.69, 9.17) is 5.26 Å². The van der Waals surface area contributed by atoms with E-state index in [1.54, 1.807) is 23.1 Å². The minimum atomic E-state index is -1.17. The van der Waals surface area contributed by atoms with E-state index in [1.165, 1.54) is 0 Å². The van der Waals surface area contributed by atoms with Crippen molar-refractivity contribution >= 4 is 23.6 Å². The Morgan fingerprint density at radius 3 is 2.77 bits per heavy atom. The lowest BCUT2D eigenvalue weighted by Gasteiger charge is -2.43. The first-order valence-electron chi connectivity index (χ1n) is 9.76. The summed E-state index contributed by atoms with van der Waals surface area (Å²) in [5, 5.41) is 19.7. The van der Waals surface area contributed by atoms with Crippen molar-refractivity contribution in [2.45, 2.75) is 18.9 Å². The monoisotopic (exact) mass is 422 g/mol. The Balaban J connectivity index is 1.57. The minimum absolute atomic E-state index is 0.0680. The number of thioether (sulfide) groups is 1. The average molecular weight is 422 g/mol. The highest BCUT2D eigenvalue weighted by Gasteiger charge is 2.36. The maximum absolute atomic E-state index is 13.2. The number of aliphatic carboxylic acids is 1. The zero-order chi connectivity index (χ0) is 21.3. The second kappa shape index (κ2) is 8.36. The summed E-state index contributed by atoms with van der Waals surface area (Å²) in [5.74, 6) is -1.05. The number of fused-ring (bicyclic) bond motifs is 4. The lowest BCUT2D eigenvalue weighted by molar-refractivity contribution is -0.301. The van der Waals surface area contributed by atoms with Gasteiger partial charge in [0, 0.05) is 42.6 Å². The fraction of sp³-hybridized carbons (Fsp3) is 0.364. The van der Waals surface area contributed by atoms with Gasteiger partial charge in [0.05, 0.1) is 23.4 Å². The number of nitrogens with zero attached hydrogens (tertiary/aromatic N) is 3. The molecule has 1 saturated heterocycles. The van der Waals surface area contributed by atoms with Gasteiger partial charge in [-0.25, -0.2) is 0 Å². The summed E-state index contributed by atoms with van der Waals surface area (Å²) in [4.78, 5) is 38.0. The molecule has 2 aliphatic rings. The molecule has 2 bridgehead atoms. The number of hydrogen-bond donors (Lipinski definition) is 0. The Labute approximate surface area is 177 Å². The minimum Gasteiger partial charge on any atom is -0.549 e. The molecule has 4 rings (SSSR count). The highest BCUT2D eigenvalue weighted by atomic mass is 32.2. The van der Waals surface area contributed by atoms with Gasteiger partial charge in [-0.1, -0.05) is 12.1 Å². The van der Waals surface area contributed by atoms with E-state index >= 15 is 0 Å². The molecule has 2 atom stereocenters. The van der Waals surface area contributed by atoms with Gasteiger partial charge in [0.2, 0.25) is 5.91 Å². The third-order valence-electron chi connectivity index (χ3n) is 5.71. The molecule has 2 aliphatic heterocycles. The van der Waals surface area contributed by atoms with Gasteiger partial charge in [0.25, 0.3) is 5.56 Å². The van der Waals surface area contributed by atoms with Gasteiger partial charge in [-0.05, 0) is 42.2 Å². The van der Waals surface area contributed by atoms with Gasteiger partial charge in [0.15, 0.2) is 0 Å². The highest BCUT2D eigenvalue weighted by molar-refractivity contribution is 8.00. The number of carboxylic acid groups (broad SMARTS) is 1. The van der Waals surface area contributed by atoms with Crippen molar-refractivity contribution < 1.29 is 14.7 Å². The van der Waals surface area contributed by atoms with Gasteiger partial charge in [-0.15, -0.1) is 11.8 Å². The standard InChI is InChI=1S/C22H21N3O4S/c23-8-14-2-1-3-16(6-14)18-4-5-19-17-7-15(10-25(19)22(18)29)9-24(11-17)20(26)12-30-13-21(27)28/h1-6,15,17H,7,9-13H2,(H,27,28)/p-1/t15-,17+/m0/s1. The van der Waals surface area contributed by atoms with Crippen molar-refractivity contribution in [2.75, 3.05) is 24.6 Å². The van der Waals surface area contributed by atoms with E-state index in [1.807, 2.05) is 22.8 Å². The zero-order valence-corrected chi connectivity index (χ0v) is 17.1. The van der Waals surface area contributed by atoms with E-state index in [2.05, 4.69) is 6.07 Å². The summed E-state index contributed by atoms with van der Waals surface area (Å²) >= 11 is 1.05. The van der Waals surface area contributed by atoms with Crippen LogP contribution in [0.25, 0.3) is 11.1 Å². The molecule has 154 valence electrons.